The van der Waals surface area contributed by atoms with Gasteiger partial charge in [-0.05, 0) is 25.0 Å². The zero-order chi connectivity index (χ0) is 14.1. The lowest BCUT2D eigenvalue weighted by atomic mass is 10.4. The number of methoxy groups -OCH3 is 1. The standard InChI is InChI=1S/C13H13ClN4O2/c1-20-11-7-10(14)15-13(16-11)17-12(19)9-3-2-6-18(9)8-4-5-8/h2-3,6-8H,4-5H2,1H3,(H,15,16,17,19). The maximum atomic E-state index is 12.2. The van der Waals surface area contributed by atoms with Gasteiger partial charge in [-0.15, -0.1) is 0 Å². The first-order valence-corrected chi connectivity index (χ1v) is 6.62. The Labute approximate surface area is 120 Å². The molecule has 3 rings (SSSR count). The van der Waals surface area contributed by atoms with E-state index in [1.54, 1.807) is 6.07 Å². The van der Waals surface area contributed by atoms with E-state index in [-0.39, 0.29) is 17.0 Å². The van der Waals surface area contributed by atoms with Gasteiger partial charge >= 0.3 is 0 Å². The van der Waals surface area contributed by atoms with Crippen LogP contribution < -0.4 is 10.1 Å². The monoisotopic (exact) mass is 292 g/mol. The molecular formula is C13H13ClN4O2. The van der Waals surface area contributed by atoms with Gasteiger partial charge in [0.05, 0.1) is 7.11 Å². The summed E-state index contributed by atoms with van der Waals surface area (Å²) in [6, 6.07) is 5.53. The van der Waals surface area contributed by atoms with Gasteiger partial charge in [-0.3, -0.25) is 10.1 Å². The van der Waals surface area contributed by atoms with Crippen LogP contribution in [0.1, 0.15) is 29.4 Å². The van der Waals surface area contributed by atoms with Crippen LogP contribution >= 0.6 is 11.6 Å². The highest BCUT2D eigenvalue weighted by molar-refractivity contribution is 6.29. The number of carbonyl (C=O) groups excluding carboxylic acids is 1. The highest BCUT2D eigenvalue weighted by Crippen LogP contribution is 2.36. The minimum atomic E-state index is -0.258. The summed E-state index contributed by atoms with van der Waals surface area (Å²) in [7, 11) is 1.47. The number of carbonyl (C=O) groups is 1. The number of anilines is 1. The van der Waals surface area contributed by atoms with Crippen molar-refractivity contribution in [2.75, 3.05) is 12.4 Å². The van der Waals surface area contributed by atoms with Crippen LogP contribution in [0.25, 0.3) is 0 Å². The number of hydrogen-bond donors (Lipinski definition) is 1. The minimum absolute atomic E-state index is 0.128. The molecule has 1 amide bonds. The van der Waals surface area contributed by atoms with E-state index < -0.39 is 0 Å². The van der Waals surface area contributed by atoms with Crippen LogP contribution in [-0.2, 0) is 0 Å². The Kier molecular flexibility index (Phi) is 3.31. The molecular weight excluding hydrogens is 280 g/mol. The lowest BCUT2D eigenvalue weighted by Gasteiger charge is -2.08. The van der Waals surface area contributed by atoms with E-state index in [4.69, 9.17) is 16.3 Å². The molecule has 2 aromatic heterocycles. The third kappa shape index (κ3) is 2.60. The SMILES string of the molecule is COc1cc(Cl)nc(NC(=O)c2cccn2C2CC2)n1. The molecule has 0 atom stereocenters. The van der Waals surface area contributed by atoms with Crippen molar-refractivity contribution in [3.8, 4) is 5.88 Å². The smallest absolute Gasteiger partial charge is 0.274 e. The van der Waals surface area contributed by atoms with Crippen molar-refractivity contribution in [3.05, 3.63) is 35.2 Å². The van der Waals surface area contributed by atoms with Crippen LogP contribution in [0.2, 0.25) is 5.15 Å². The lowest BCUT2D eigenvalue weighted by Crippen LogP contribution is -2.18. The normalized spacial score (nSPS) is 14.1. The molecule has 0 saturated heterocycles. The van der Waals surface area contributed by atoms with E-state index >= 15 is 0 Å². The lowest BCUT2D eigenvalue weighted by molar-refractivity contribution is 0.101. The molecule has 0 aliphatic heterocycles. The molecule has 1 aliphatic rings. The fourth-order valence-corrected chi connectivity index (χ4v) is 2.15. The highest BCUT2D eigenvalue weighted by Gasteiger charge is 2.26. The Morgan fingerprint density at radius 3 is 3.00 bits per heavy atom. The van der Waals surface area contributed by atoms with Crippen molar-refractivity contribution in [3.63, 3.8) is 0 Å². The molecule has 0 unspecified atom stereocenters. The van der Waals surface area contributed by atoms with E-state index in [0.717, 1.165) is 12.8 Å². The summed E-state index contributed by atoms with van der Waals surface area (Å²) < 4.78 is 6.96. The maximum absolute atomic E-state index is 12.2. The van der Waals surface area contributed by atoms with Gasteiger partial charge < -0.3 is 9.30 Å². The number of amides is 1. The van der Waals surface area contributed by atoms with Crippen molar-refractivity contribution in [1.82, 2.24) is 14.5 Å². The largest absolute Gasteiger partial charge is 0.481 e. The predicted octanol–water partition coefficient (Wildman–Crippen LogP) is 2.53. The molecule has 0 spiro atoms. The van der Waals surface area contributed by atoms with Crippen LogP contribution in [0.4, 0.5) is 5.95 Å². The van der Waals surface area contributed by atoms with Crippen molar-refractivity contribution in [1.29, 1.82) is 0 Å². The molecule has 1 saturated carbocycles. The topological polar surface area (TPSA) is 69.0 Å². The summed E-state index contributed by atoms with van der Waals surface area (Å²) in [6.45, 7) is 0. The van der Waals surface area contributed by atoms with E-state index in [0.29, 0.717) is 17.6 Å². The quantitative estimate of drug-likeness (QED) is 0.879. The van der Waals surface area contributed by atoms with Crippen LogP contribution in [-0.4, -0.2) is 27.6 Å². The summed E-state index contributed by atoms with van der Waals surface area (Å²) in [5.41, 5.74) is 0.593. The Bertz CT molecular complexity index is 652. The zero-order valence-electron chi connectivity index (χ0n) is 10.8. The second-order valence-corrected chi connectivity index (χ2v) is 4.93. The van der Waals surface area contributed by atoms with Gasteiger partial charge in [-0.2, -0.15) is 4.98 Å². The molecule has 1 fully saturated rings. The number of ether oxygens (including phenoxy) is 1. The number of halogens is 1. The Balaban J connectivity index is 1.81. The molecule has 1 N–H and O–H groups in total. The maximum Gasteiger partial charge on any atom is 0.274 e. The average molecular weight is 293 g/mol. The average Bonchev–Trinajstić information content (AvgIpc) is 3.15. The van der Waals surface area contributed by atoms with Gasteiger partial charge in [0, 0.05) is 18.3 Å². The van der Waals surface area contributed by atoms with Gasteiger partial charge in [0.15, 0.2) is 0 Å². The first-order chi connectivity index (χ1) is 9.67. The zero-order valence-corrected chi connectivity index (χ0v) is 11.6. The second-order valence-electron chi connectivity index (χ2n) is 4.54. The molecule has 0 bridgehead atoms. The van der Waals surface area contributed by atoms with Crippen LogP contribution in [0, 0.1) is 0 Å². The molecule has 7 heteroatoms. The molecule has 6 nitrogen and oxygen atoms in total. The van der Waals surface area contributed by atoms with Crippen LogP contribution in [0.5, 0.6) is 5.88 Å². The highest BCUT2D eigenvalue weighted by atomic mass is 35.5. The summed E-state index contributed by atoms with van der Waals surface area (Å²) >= 11 is 5.84. The predicted molar refractivity (Wildman–Crippen MR) is 74.3 cm³/mol. The fourth-order valence-electron chi connectivity index (χ4n) is 1.98. The summed E-state index contributed by atoms with van der Waals surface area (Å²) in [5.74, 6) is 0.173. The Hall–Kier alpha value is -2.08. The summed E-state index contributed by atoms with van der Waals surface area (Å²) in [5, 5.41) is 2.85. The van der Waals surface area contributed by atoms with Crippen LogP contribution in [0.3, 0.4) is 0 Å². The summed E-state index contributed by atoms with van der Waals surface area (Å²) in [4.78, 5) is 20.2. The van der Waals surface area contributed by atoms with E-state index in [1.807, 2.05) is 16.8 Å². The molecule has 104 valence electrons. The van der Waals surface area contributed by atoms with Crippen molar-refractivity contribution in [2.24, 2.45) is 0 Å². The van der Waals surface area contributed by atoms with Gasteiger partial charge in [0.1, 0.15) is 10.8 Å². The molecule has 2 aromatic rings. The van der Waals surface area contributed by atoms with Crippen molar-refractivity contribution >= 4 is 23.5 Å². The van der Waals surface area contributed by atoms with Gasteiger partial charge in [0.25, 0.3) is 5.91 Å². The number of nitrogens with zero attached hydrogens (tertiary/aromatic N) is 3. The molecule has 0 radical (unpaired) electrons. The van der Waals surface area contributed by atoms with Crippen LogP contribution in [0.15, 0.2) is 24.4 Å². The Morgan fingerprint density at radius 1 is 1.50 bits per heavy atom. The van der Waals surface area contributed by atoms with E-state index in [1.165, 1.54) is 13.2 Å². The van der Waals surface area contributed by atoms with Crippen molar-refractivity contribution < 1.29 is 9.53 Å². The van der Waals surface area contributed by atoms with E-state index in [2.05, 4.69) is 15.3 Å². The van der Waals surface area contributed by atoms with E-state index in [9.17, 15) is 4.79 Å². The second kappa shape index (κ2) is 5.13. The number of nitrogens with one attached hydrogen (secondary N) is 1. The van der Waals surface area contributed by atoms with Gasteiger partial charge in [0.2, 0.25) is 11.8 Å². The first kappa shape index (κ1) is 12.9. The third-order valence-electron chi connectivity index (χ3n) is 3.06. The molecule has 0 aromatic carbocycles. The van der Waals surface area contributed by atoms with Crippen molar-refractivity contribution in [2.45, 2.75) is 18.9 Å². The molecule has 2 heterocycles. The molecule has 20 heavy (non-hydrogen) atoms. The number of rotatable bonds is 4. The van der Waals surface area contributed by atoms with Gasteiger partial charge in [-0.25, -0.2) is 4.98 Å². The van der Waals surface area contributed by atoms with Gasteiger partial charge in [-0.1, -0.05) is 11.6 Å². The summed E-state index contributed by atoms with van der Waals surface area (Å²) in [6.07, 6.45) is 4.12. The molecule has 1 aliphatic carbocycles. The third-order valence-corrected chi connectivity index (χ3v) is 3.25. The minimum Gasteiger partial charge on any atom is -0.481 e. The number of hydrogen-bond acceptors (Lipinski definition) is 4. The Morgan fingerprint density at radius 2 is 2.30 bits per heavy atom. The first-order valence-electron chi connectivity index (χ1n) is 6.24. The number of aromatic nitrogens is 3. The fraction of sp³-hybridized carbons (Fsp3) is 0.308.